The van der Waals surface area contributed by atoms with Gasteiger partial charge in [-0.2, -0.15) is 9.50 Å². The van der Waals surface area contributed by atoms with Crippen molar-refractivity contribution >= 4 is 5.78 Å². The van der Waals surface area contributed by atoms with E-state index in [4.69, 9.17) is 0 Å². The van der Waals surface area contributed by atoms with Crippen LogP contribution < -0.4 is 5.56 Å². The summed E-state index contributed by atoms with van der Waals surface area (Å²) in [6.07, 6.45) is 1.03. The molecule has 1 aliphatic heterocycles. The van der Waals surface area contributed by atoms with E-state index in [0.717, 1.165) is 30.8 Å². The van der Waals surface area contributed by atoms with Crippen LogP contribution in [0, 0.1) is 0 Å². The van der Waals surface area contributed by atoms with Crippen LogP contribution in [0.4, 0.5) is 0 Å². The van der Waals surface area contributed by atoms with Crippen molar-refractivity contribution in [2.45, 2.75) is 19.5 Å². The van der Waals surface area contributed by atoms with Crippen molar-refractivity contribution in [1.29, 1.82) is 0 Å². The van der Waals surface area contributed by atoms with Crippen molar-refractivity contribution in [3.8, 4) is 11.4 Å². The van der Waals surface area contributed by atoms with E-state index in [9.17, 15) is 4.79 Å². The van der Waals surface area contributed by atoms with Gasteiger partial charge in [0, 0.05) is 31.3 Å². The Balaban J connectivity index is 1.44. The summed E-state index contributed by atoms with van der Waals surface area (Å²) in [5.41, 5.74) is 4.31. The monoisotopic (exact) mass is 357 g/mol. The maximum atomic E-state index is 12.5. The van der Waals surface area contributed by atoms with Gasteiger partial charge in [-0.15, -0.1) is 0 Å². The summed E-state index contributed by atoms with van der Waals surface area (Å²) >= 11 is 0. The van der Waals surface area contributed by atoms with Gasteiger partial charge in [0.05, 0.1) is 5.69 Å². The van der Waals surface area contributed by atoms with Crippen LogP contribution in [-0.4, -0.2) is 31.0 Å². The minimum atomic E-state index is -0.137. The Kier molecular flexibility index (Phi) is 3.83. The zero-order chi connectivity index (χ0) is 18.2. The fraction of sp³-hybridized carbons (Fsp3) is 0.190. The zero-order valence-corrected chi connectivity index (χ0v) is 14.8. The molecule has 0 atom stereocenters. The lowest BCUT2D eigenvalue weighted by Gasteiger charge is -2.28. The molecule has 0 amide bonds. The summed E-state index contributed by atoms with van der Waals surface area (Å²) < 4.78 is 1.40. The quantitative estimate of drug-likeness (QED) is 0.612. The summed E-state index contributed by atoms with van der Waals surface area (Å²) in [6, 6.07) is 19.9. The highest BCUT2D eigenvalue weighted by Gasteiger charge is 2.17. The standard InChI is InChI=1S/C21H19N5O/c27-19-12-18(14-25-11-10-15-6-4-5-9-17(15)13-25)22-21-23-20(24-26(19)21)16-7-2-1-3-8-16/h1-9,12H,10-11,13-14H2,(H,22,23,24). The Morgan fingerprint density at radius 2 is 1.74 bits per heavy atom. The Labute approximate surface area is 156 Å². The van der Waals surface area contributed by atoms with Gasteiger partial charge < -0.3 is 0 Å². The first-order valence-corrected chi connectivity index (χ1v) is 9.09. The van der Waals surface area contributed by atoms with E-state index in [1.165, 1.54) is 15.6 Å². The Hall–Kier alpha value is -3.25. The summed E-state index contributed by atoms with van der Waals surface area (Å²) in [5, 5.41) is 3.04. The number of benzene rings is 2. The van der Waals surface area contributed by atoms with Crippen molar-refractivity contribution in [3.05, 3.63) is 87.8 Å². The predicted octanol–water partition coefficient (Wildman–Crippen LogP) is 2.64. The number of nitrogens with one attached hydrogen (secondary N) is 1. The summed E-state index contributed by atoms with van der Waals surface area (Å²) in [4.78, 5) is 24.0. The van der Waals surface area contributed by atoms with Crippen molar-refractivity contribution in [2.75, 3.05) is 6.54 Å². The molecule has 1 aliphatic rings. The second kappa shape index (κ2) is 6.48. The van der Waals surface area contributed by atoms with Crippen LogP contribution in [0.2, 0.25) is 0 Å². The van der Waals surface area contributed by atoms with Gasteiger partial charge in [-0.25, -0.2) is 4.98 Å². The molecule has 3 heterocycles. The van der Waals surface area contributed by atoms with Crippen LogP contribution in [-0.2, 0) is 19.5 Å². The normalized spacial score (nSPS) is 14.4. The molecule has 0 bridgehead atoms. The van der Waals surface area contributed by atoms with E-state index in [2.05, 4.69) is 44.2 Å². The first kappa shape index (κ1) is 16.0. The number of rotatable bonds is 3. The number of aromatic nitrogens is 4. The van der Waals surface area contributed by atoms with Gasteiger partial charge in [-0.05, 0) is 17.5 Å². The molecule has 2 aromatic carbocycles. The van der Waals surface area contributed by atoms with Gasteiger partial charge in [-0.3, -0.25) is 14.8 Å². The van der Waals surface area contributed by atoms with Gasteiger partial charge in [0.25, 0.3) is 11.3 Å². The van der Waals surface area contributed by atoms with E-state index in [1.54, 1.807) is 6.07 Å². The van der Waals surface area contributed by atoms with E-state index < -0.39 is 0 Å². The average molecular weight is 357 g/mol. The van der Waals surface area contributed by atoms with Crippen molar-refractivity contribution in [2.24, 2.45) is 0 Å². The molecular formula is C21H19N5O. The largest absolute Gasteiger partial charge is 0.293 e. The maximum absolute atomic E-state index is 12.5. The molecule has 5 rings (SSSR count). The molecule has 6 heteroatoms. The molecule has 0 saturated heterocycles. The molecule has 2 aromatic heterocycles. The molecule has 6 nitrogen and oxygen atoms in total. The summed E-state index contributed by atoms with van der Waals surface area (Å²) in [5.74, 6) is 1.05. The topological polar surface area (TPSA) is 66.3 Å². The first-order valence-electron chi connectivity index (χ1n) is 9.09. The fourth-order valence-corrected chi connectivity index (χ4v) is 3.65. The lowest BCUT2D eigenvalue weighted by atomic mass is 10.00. The van der Waals surface area contributed by atoms with Crippen LogP contribution in [0.5, 0.6) is 0 Å². The van der Waals surface area contributed by atoms with Crippen LogP contribution in [0.3, 0.4) is 0 Å². The van der Waals surface area contributed by atoms with Gasteiger partial charge in [-0.1, -0.05) is 54.6 Å². The van der Waals surface area contributed by atoms with Crippen molar-refractivity contribution < 1.29 is 0 Å². The highest BCUT2D eigenvalue weighted by molar-refractivity contribution is 5.56. The highest BCUT2D eigenvalue weighted by Crippen LogP contribution is 2.20. The fourth-order valence-electron chi connectivity index (χ4n) is 3.65. The molecule has 1 N–H and O–H groups in total. The summed E-state index contributed by atoms with van der Waals surface area (Å²) in [7, 11) is 0. The molecule has 4 aromatic rings. The predicted molar refractivity (Wildman–Crippen MR) is 103 cm³/mol. The Bertz CT molecular complexity index is 1160. The van der Waals surface area contributed by atoms with E-state index >= 15 is 0 Å². The molecular weight excluding hydrogens is 338 g/mol. The van der Waals surface area contributed by atoms with Gasteiger partial charge in [0.2, 0.25) is 0 Å². The number of fused-ring (bicyclic) bond motifs is 2. The van der Waals surface area contributed by atoms with Gasteiger partial charge >= 0.3 is 0 Å². The smallest absolute Gasteiger partial charge is 0.274 e. The molecule has 0 aliphatic carbocycles. The highest BCUT2D eigenvalue weighted by atomic mass is 16.1. The molecule has 27 heavy (non-hydrogen) atoms. The van der Waals surface area contributed by atoms with Crippen LogP contribution in [0.25, 0.3) is 17.2 Å². The molecule has 0 unspecified atom stereocenters. The molecule has 134 valence electrons. The second-order valence-corrected chi connectivity index (χ2v) is 6.89. The minimum absolute atomic E-state index is 0.137. The van der Waals surface area contributed by atoms with E-state index in [1.807, 2.05) is 30.3 Å². The van der Waals surface area contributed by atoms with E-state index in [-0.39, 0.29) is 5.56 Å². The third-order valence-electron chi connectivity index (χ3n) is 5.03. The van der Waals surface area contributed by atoms with Crippen molar-refractivity contribution in [3.63, 3.8) is 0 Å². The number of H-pyrrole nitrogens is 1. The molecule has 0 fully saturated rings. The lowest BCUT2D eigenvalue weighted by molar-refractivity contribution is 0.242. The average Bonchev–Trinajstić information content (AvgIpc) is 3.13. The Morgan fingerprint density at radius 1 is 0.963 bits per heavy atom. The first-order chi connectivity index (χ1) is 13.3. The number of nitrogens with zero attached hydrogens (tertiary/aromatic N) is 4. The van der Waals surface area contributed by atoms with Crippen LogP contribution >= 0.6 is 0 Å². The van der Waals surface area contributed by atoms with Gasteiger partial charge in [0.15, 0.2) is 5.82 Å². The number of hydrogen-bond acceptors (Lipinski definition) is 4. The maximum Gasteiger partial charge on any atom is 0.274 e. The lowest BCUT2D eigenvalue weighted by Crippen LogP contribution is -2.31. The number of hydrogen-bond donors (Lipinski definition) is 1. The SMILES string of the molecule is O=c1cc(CN2CCc3ccccc3C2)nc2nc(-c3ccccc3)[nH]n12. The molecule has 0 spiro atoms. The summed E-state index contributed by atoms with van der Waals surface area (Å²) in [6.45, 7) is 2.49. The zero-order valence-electron chi connectivity index (χ0n) is 14.8. The third kappa shape index (κ3) is 3.04. The van der Waals surface area contributed by atoms with E-state index in [0.29, 0.717) is 18.1 Å². The van der Waals surface area contributed by atoms with Crippen molar-refractivity contribution in [1.82, 2.24) is 24.5 Å². The van der Waals surface area contributed by atoms with Crippen LogP contribution in [0.1, 0.15) is 16.8 Å². The number of aromatic amines is 1. The minimum Gasteiger partial charge on any atom is -0.293 e. The Morgan fingerprint density at radius 3 is 2.59 bits per heavy atom. The third-order valence-corrected chi connectivity index (χ3v) is 5.03. The van der Waals surface area contributed by atoms with Gasteiger partial charge in [0.1, 0.15) is 0 Å². The molecule has 0 saturated carbocycles. The van der Waals surface area contributed by atoms with Crippen LogP contribution in [0.15, 0.2) is 65.5 Å². The molecule has 0 radical (unpaired) electrons. The second-order valence-electron chi connectivity index (χ2n) is 6.89.